The van der Waals surface area contributed by atoms with E-state index < -0.39 is 0 Å². The molecule has 3 rings (SSSR count). The van der Waals surface area contributed by atoms with E-state index in [1.165, 1.54) is 12.8 Å². The fourth-order valence-corrected chi connectivity index (χ4v) is 2.83. The zero-order valence-electron chi connectivity index (χ0n) is 14.8. The summed E-state index contributed by atoms with van der Waals surface area (Å²) in [4.78, 5) is 29.9. The van der Waals surface area contributed by atoms with E-state index in [4.69, 9.17) is 4.74 Å². The van der Waals surface area contributed by atoms with Crippen LogP contribution in [0.1, 0.15) is 38.7 Å². The van der Waals surface area contributed by atoms with Crippen molar-refractivity contribution < 1.29 is 14.3 Å². The van der Waals surface area contributed by atoms with Gasteiger partial charge in [-0.3, -0.25) is 4.79 Å². The van der Waals surface area contributed by atoms with Gasteiger partial charge in [0.05, 0.1) is 12.6 Å². The summed E-state index contributed by atoms with van der Waals surface area (Å²) in [5.74, 6) is 1.41. The van der Waals surface area contributed by atoms with Crippen LogP contribution >= 0.6 is 0 Å². The van der Waals surface area contributed by atoms with E-state index in [9.17, 15) is 9.59 Å². The molecule has 1 saturated carbocycles. The molecule has 25 heavy (non-hydrogen) atoms. The summed E-state index contributed by atoms with van der Waals surface area (Å²) in [5.41, 5.74) is 0.903. The molecule has 7 heteroatoms. The van der Waals surface area contributed by atoms with E-state index >= 15 is 0 Å². The van der Waals surface area contributed by atoms with Crippen molar-refractivity contribution in [1.82, 2.24) is 20.5 Å². The number of nitrogens with one attached hydrogen (secondary N) is 2. The smallest absolute Gasteiger partial charge is 0.315 e. The van der Waals surface area contributed by atoms with E-state index in [-0.39, 0.29) is 24.0 Å². The zero-order chi connectivity index (χ0) is 17.8. The van der Waals surface area contributed by atoms with Crippen LogP contribution in [0.4, 0.5) is 4.79 Å². The monoisotopic (exact) mass is 346 g/mol. The standard InChI is InChI=1S/C18H26N4O3/c1-12(2)22-10-15(7-17(22)23)21-18(24)20-9-14-5-6-16(19-8-14)25-11-13-3-4-13/h5-6,8,12-13,15H,3-4,7,9-11H2,1-2H3,(H2,20,21,24)/t15-/m0/s1. The molecule has 2 N–H and O–H groups in total. The van der Waals surface area contributed by atoms with E-state index in [1.807, 2.05) is 26.0 Å². The molecule has 0 bridgehead atoms. The van der Waals surface area contributed by atoms with E-state index in [1.54, 1.807) is 11.1 Å². The van der Waals surface area contributed by atoms with Crippen molar-refractivity contribution in [3.8, 4) is 5.88 Å². The minimum Gasteiger partial charge on any atom is -0.477 e. The molecule has 136 valence electrons. The van der Waals surface area contributed by atoms with E-state index in [2.05, 4.69) is 15.6 Å². The van der Waals surface area contributed by atoms with E-state index in [0.29, 0.717) is 31.3 Å². The molecule has 2 heterocycles. The average Bonchev–Trinajstić information content (AvgIpc) is 3.34. The van der Waals surface area contributed by atoms with Gasteiger partial charge in [-0.15, -0.1) is 0 Å². The minimum atomic E-state index is -0.266. The number of carbonyl (C=O) groups excluding carboxylic acids is 2. The van der Waals surface area contributed by atoms with Gasteiger partial charge in [0.1, 0.15) is 0 Å². The van der Waals surface area contributed by atoms with Crippen LogP contribution < -0.4 is 15.4 Å². The topological polar surface area (TPSA) is 83.6 Å². The fourth-order valence-electron chi connectivity index (χ4n) is 2.83. The first-order chi connectivity index (χ1) is 12.0. The SMILES string of the molecule is CC(C)N1C[C@@H](NC(=O)NCc2ccc(OCC3CC3)nc2)CC1=O. The number of urea groups is 1. The number of likely N-dealkylation sites (tertiary alicyclic amines) is 1. The highest BCUT2D eigenvalue weighted by molar-refractivity contribution is 5.81. The second-order valence-electron chi connectivity index (χ2n) is 7.13. The summed E-state index contributed by atoms with van der Waals surface area (Å²) in [6.45, 7) is 5.64. The third-order valence-electron chi connectivity index (χ3n) is 4.53. The van der Waals surface area contributed by atoms with Crippen molar-refractivity contribution in [3.63, 3.8) is 0 Å². The Morgan fingerprint density at radius 3 is 2.80 bits per heavy atom. The lowest BCUT2D eigenvalue weighted by Gasteiger charge is -2.21. The number of aromatic nitrogens is 1. The van der Waals surface area contributed by atoms with Gasteiger partial charge in [-0.25, -0.2) is 9.78 Å². The highest BCUT2D eigenvalue weighted by Crippen LogP contribution is 2.29. The molecule has 0 spiro atoms. The molecule has 7 nitrogen and oxygen atoms in total. The molecule has 1 aliphatic carbocycles. The van der Waals surface area contributed by atoms with Gasteiger partial charge in [0.2, 0.25) is 11.8 Å². The van der Waals surface area contributed by atoms with Gasteiger partial charge in [0.15, 0.2) is 0 Å². The summed E-state index contributed by atoms with van der Waals surface area (Å²) >= 11 is 0. The Kier molecular flexibility index (Phi) is 5.40. The Labute approximate surface area is 148 Å². The van der Waals surface area contributed by atoms with Gasteiger partial charge in [0, 0.05) is 37.8 Å². The Morgan fingerprint density at radius 2 is 2.20 bits per heavy atom. The lowest BCUT2D eigenvalue weighted by atomic mass is 10.2. The molecule has 2 aliphatic rings. The van der Waals surface area contributed by atoms with Crippen LogP contribution in [0.25, 0.3) is 0 Å². The fraction of sp³-hybridized carbons (Fsp3) is 0.611. The van der Waals surface area contributed by atoms with Crippen molar-refractivity contribution in [1.29, 1.82) is 0 Å². The maximum atomic E-state index is 12.0. The Morgan fingerprint density at radius 1 is 1.40 bits per heavy atom. The summed E-state index contributed by atoms with van der Waals surface area (Å²) in [7, 11) is 0. The summed E-state index contributed by atoms with van der Waals surface area (Å²) < 4.78 is 5.59. The first-order valence-corrected chi connectivity index (χ1v) is 8.93. The predicted molar refractivity (Wildman–Crippen MR) is 93.1 cm³/mol. The number of amides is 3. The lowest BCUT2D eigenvalue weighted by Crippen LogP contribution is -2.43. The number of rotatable bonds is 7. The molecule has 0 aromatic carbocycles. The number of ether oxygens (including phenoxy) is 1. The highest BCUT2D eigenvalue weighted by atomic mass is 16.5. The Hall–Kier alpha value is -2.31. The van der Waals surface area contributed by atoms with Crippen LogP contribution in [0, 0.1) is 5.92 Å². The molecule has 1 aromatic heterocycles. The van der Waals surface area contributed by atoms with Gasteiger partial charge in [-0.1, -0.05) is 6.07 Å². The average molecular weight is 346 g/mol. The van der Waals surface area contributed by atoms with Crippen LogP contribution in [0.15, 0.2) is 18.3 Å². The highest BCUT2D eigenvalue weighted by Gasteiger charge is 2.31. The molecular formula is C18H26N4O3. The number of nitrogens with zero attached hydrogens (tertiary/aromatic N) is 2. The number of hydrogen-bond donors (Lipinski definition) is 2. The van der Waals surface area contributed by atoms with Gasteiger partial charge >= 0.3 is 6.03 Å². The van der Waals surface area contributed by atoms with Crippen molar-refractivity contribution in [2.75, 3.05) is 13.2 Å². The number of pyridine rings is 1. The molecule has 1 saturated heterocycles. The normalized spacial score (nSPS) is 20.0. The first kappa shape index (κ1) is 17.5. The van der Waals surface area contributed by atoms with E-state index in [0.717, 1.165) is 12.2 Å². The van der Waals surface area contributed by atoms with Crippen molar-refractivity contribution in [3.05, 3.63) is 23.9 Å². The number of hydrogen-bond acceptors (Lipinski definition) is 4. The van der Waals surface area contributed by atoms with Gasteiger partial charge in [0.25, 0.3) is 0 Å². The largest absolute Gasteiger partial charge is 0.477 e. The maximum absolute atomic E-state index is 12.0. The van der Waals surface area contributed by atoms with Gasteiger partial charge in [-0.2, -0.15) is 0 Å². The lowest BCUT2D eigenvalue weighted by molar-refractivity contribution is -0.129. The third kappa shape index (κ3) is 5.08. The summed E-state index contributed by atoms with van der Waals surface area (Å²) in [5, 5.41) is 5.66. The molecule has 0 unspecified atom stereocenters. The van der Waals surface area contributed by atoms with Crippen LogP contribution in [-0.2, 0) is 11.3 Å². The molecule has 1 atom stereocenters. The summed E-state index contributed by atoms with van der Waals surface area (Å²) in [6, 6.07) is 3.49. The van der Waals surface area contributed by atoms with Gasteiger partial charge < -0.3 is 20.3 Å². The van der Waals surface area contributed by atoms with Crippen LogP contribution in [-0.4, -0.2) is 47.1 Å². The maximum Gasteiger partial charge on any atom is 0.315 e. The Balaban J connectivity index is 1.39. The second-order valence-corrected chi connectivity index (χ2v) is 7.13. The van der Waals surface area contributed by atoms with Crippen molar-refractivity contribution in [2.45, 2.75) is 51.7 Å². The minimum absolute atomic E-state index is 0.0892. The third-order valence-corrected chi connectivity index (χ3v) is 4.53. The van der Waals surface area contributed by atoms with Crippen molar-refractivity contribution >= 4 is 11.9 Å². The van der Waals surface area contributed by atoms with Crippen LogP contribution in [0.2, 0.25) is 0 Å². The quantitative estimate of drug-likeness (QED) is 0.787. The summed E-state index contributed by atoms with van der Waals surface area (Å²) in [6.07, 6.45) is 4.57. The Bertz CT molecular complexity index is 613. The van der Waals surface area contributed by atoms with Gasteiger partial charge in [-0.05, 0) is 38.2 Å². The predicted octanol–water partition coefficient (Wildman–Crippen LogP) is 1.68. The second kappa shape index (κ2) is 7.72. The van der Waals surface area contributed by atoms with Crippen LogP contribution in [0.5, 0.6) is 5.88 Å². The zero-order valence-corrected chi connectivity index (χ0v) is 14.8. The molecule has 3 amide bonds. The molecular weight excluding hydrogens is 320 g/mol. The molecule has 1 aromatic rings. The molecule has 0 radical (unpaired) electrons. The number of carbonyl (C=O) groups is 2. The molecule has 1 aliphatic heterocycles. The van der Waals surface area contributed by atoms with Crippen LogP contribution in [0.3, 0.4) is 0 Å². The van der Waals surface area contributed by atoms with Crippen molar-refractivity contribution in [2.24, 2.45) is 5.92 Å². The first-order valence-electron chi connectivity index (χ1n) is 8.93. The molecule has 2 fully saturated rings.